The van der Waals surface area contributed by atoms with Crippen LogP contribution in [0.5, 0.6) is 11.5 Å². The van der Waals surface area contributed by atoms with E-state index >= 15 is 0 Å². The molecular weight excluding hydrogens is 340 g/mol. The van der Waals surface area contributed by atoms with Gasteiger partial charge in [0.25, 0.3) is 0 Å². The Kier molecular flexibility index (Phi) is 6.50. The maximum absolute atomic E-state index is 5.55. The van der Waals surface area contributed by atoms with Crippen LogP contribution in [0.3, 0.4) is 0 Å². The first-order chi connectivity index (χ1) is 13.1. The monoisotopic (exact) mass is 370 g/mol. The number of benzene rings is 1. The van der Waals surface area contributed by atoms with Gasteiger partial charge in [0.05, 0.1) is 14.2 Å². The first-order valence-electron chi connectivity index (χ1n) is 9.54. The number of methoxy groups -OCH3 is 2. The summed E-state index contributed by atoms with van der Waals surface area (Å²) in [6.45, 7) is 7.00. The summed E-state index contributed by atoms with van der Waals surface area (Å²) in [5.74, 6) is 3.38. The van der Waals surface area contributed by atoms with Crippen molar-refractivity contribution in [1.29, 1.82) is 0 Å². The Morgan fingerprint density at radius 1 is 1.22 bits per heavy atom. The highest BCUT2D eigenvalue weighted by atomic mass is 16.5. The summed E-state index contributed by atoms with van der Waals surface area (Å²) >= 11 is 0. The smallest absolute Gasteiger partial charge is 0.164 e. The number of nitrogens with zero attached hydrogens (tertiary/aromatic N) is 4. The van der Waals surface area contributed by atoms with E-state index in [-0.39, 0.29) is 0 Å². The third-order valence-electron chi connectivity index (χ3n) is 5.37. The van der Waals surface area contributed by atoms with Gasteiger partial charge in [0.15, 0.2) is 11.5 Å². The van der Waals surface area contributed by atoms with Gasteiger partial charge in [-0.25, -0.2) is 0 Å². The Hall–Kier alpha value is -2.34. The van der Waals surface area contributed by atoms with Crippen LogP contribution in [-0.4, -0.2) is 47.0 Å². The molecule has 0 spiro atoms. The van der Waals surface area contributed by atoms with Gasteiger partial charge in [0.1, 0.15) is 12.2 Å². The van der Waals surface area contributed by atoms with E-state index < -0.39 is 0 Å². The van der Waals surface area contributed by atoms with Gasteiger partial charge in [0.2, 0.25) is 0 Å². The van der Waals surface area contributed by atoms with Gasteiger partial charge in [0, 0.05) is 25.6 Å². The lowest BCUT2D eigenvalue weighted by Crippen LogP contribution is -2.34. The second-order valence-electron chi connectivity index (χ2n) is 7.26. The second-order valence-corrected chi connectivity index (χ2v) is 7.26. The van der Waals surface area contributed by atoms with E-state index in [0.29, 0.717) is 5.92 Å². The van der Waals surface area contributed by atoms with Crippen molar-refractivity contribution in [3.05, 3.63) is 48.1 Å². The van der Waals surface area contributed by atoms with Gasteiger partial charge >= 0.3 is 0 Å². The van der Waals surface area contributed by atoms with Crippen molar-refractivity contribution in [2.45, 2.75) is 32.2 Å². The van der Waals surface area contributed by atoms with Gasteiger partial charge in [-0.05, 0) is 49.9 Å². The van der Waals surface area contributed by atoms with E-state index in [1.54, 1.807) is 20.5 Å². The molecule has 1 saturated heterocycles. The Labute approximate surface area is 161 Å². The van der Waals surface area contributed by atoms with Crippen LogP contribution in [-0.2, 0) is 26.4 Å². The number of ether oxygens (including phenoxy) is 2. The third-order valence-corrected chi connectivity index (χ3v) is 5.37. The molecule has 2 aromatic rings. The van der Waals surface area contributed by atoms with Crippen molar-refractivity contribution < 1.29 is 9.47 Å². The fourth-order valence-corrected chi connectivity index (χ4v) is 3.86. The molecule has 0 N–H and O–H groups in total. The lowest BCUT2D eigenvalue weighted by atomic mass is 9.93. The summed E-state index contributed by atoms with van der Waals surface area (Å²) in [7, 11) is 5.39. The molecule has 27 heavy (non-hydrogen) atoms. The van der Waals surface area contributed by atoms with Crippen LogP contribution < -0.4 is 9.47 Å². The highest BCUT2D eigenvalue weighted by molar-refractivity contribution is 5.50. The van der Waals surface area contributed by atoms with Crippen molar-refractivity contribution in [1.82, 2.24) is 19.7 Å². The highest BCUT2D eigenvalue weighted by Gasteiger charge is 2.22. The third kappa shape index (κ3) is 4.69. The SMILES string of the molecule is C=CCc1cc(CN2CCC(Cc3nncn3C)CC2)cc(OC)c1OC. The van der Waals surface area contributed by atoms with Crippen LogP contribution in [0.25, 0.3) is 0 Å². The highest BCUT2D eigenvalue weighted by Crippen LogP contribution is 2.34. The molecule has 1 aromatic carbocycles. The van der Waals surface area contributed by atoms with Gasteiger partial charge in [-0.3, -0.25) is 4.90 Å². The zero-order chi connectivity index (χ0) is 19.2. The van der Waals surface area contributed by atoms with Crippen LogP contribution in [0.1, 0.15) is 29.8 Å². The predicted octanol–water partition coefficient (Wildman–Crippen LogP) is 3.02. The fourth-order valence-electron chi connectivity index (χ4n) is 3.86. The van der Waals surface area contributed by atoms with Crippen LogP contribution in [0, 0.1) is 5.92 Å². The molecule has 0 radical (unpaired) electrons. The van der Waals surface area contributed by atoms with Crippen molar-refractivity contribution in [2.75, 3.05) is 27.3 Å². The van der Waals surface area contributed by atoms with Crippen molar-refractivity contribution in [3.8, 4) is 11.5 Å². The average molecular weight is 370 g/mol. The summed E-state index contributed by atoms with van der Waals surface area (Å²) in [5.41, 5.74) is 2.38. The molecule has 6 nitrogen and oxygen atoms in total. The molecule has 1 fully saturated rings. The first-order valence-corrected chi connectivity index (χ1v) is 9.54. The van der Waals surface area contributed by atoms with Gasteiger partial charge in [-0.2, -0.15) is 0 Å². The van der Waals surface area contributed by atoms with Gasteiger partial charge in [-0.1, -0.05) is 12.1 Å². The van der Waals surface area contributed by atoms with Gasteiger partial charge < -0.3 is 14.0 Å². The molecular formula is C21H30N4O2. The molecule has 2 heterocycles. The quantitative estimate of drug-likeness (QED) is 0.669. The minimum Gasteiger partial charge on any atom is -0.493 e. The molecule has 0 amide bonds. The molecule has 0 saturated carbocycles. The average Bonchev–Trinajstić information content (AvgIpc) is 3.08. The van der Waals surface area contributed by atoms with E-state index in [4.69, 9.17) is 9.47 Å². The number of hydrogen-bond donors (Lipinski definition) is 0. The number of likely N-dealkylation sites (tertiary alicyclic amines) is 1. The number of aryl methyl sites for hydroxylation is 1. The minimum absolute atomic E-state index is 0.686. The van der Waals surface area contributed by atoms with Gasteiger partial charge in [-0.15, -0.1) is 16.8 Å². The molecule has 146 valence electrons. The Morgan fingerprint density at radius 3 is 2.59 bits per heavy atom. The summed E-state index contributed by atoms with van der Waals surface area (Å²) in [5, 5.41) is 8.21. The standard InChI is InChI=1S/C21H30N4O2/c1-5-6-18-11-17(12-19(26-3)21(18)27-4)14-25-9-7-16(8-10-25)13-20-23-22-15-24(20)2/h5,11-12,15-16H,1,6-10,13-14H2,2-4H3. The number of rotatable bonds is 8. The zero-order valence-corrected chi connectivity index (χ0v) is 16.6. The first kappa shape index (κ1) is 19.4. The van der Waals surface area contributed by atoms with E-state index in [9.17, 15) is 0 Å². The maximum Gasteiger partial charge on any atom is 0.164 e. The van der Waals surface area contributed by atoms with Crippen LogP contribution in [0.4, 0.5) is 0 Å². The van der Waals surface area contributed by atoms with Crippen molar-refractivity contribution >= 4 is 0 Å². The maximum atomic E-state index is 5.55. The topological polar surface area (TPSA) is 52.4 Å². The zero-order valence-electron chi connectivity index (χ0n) is 16.6. The number of allylic oxidation sites excluding steroid dienone is 1. The summed E-state index contributed by atoms with van der Waals surface area (Å²) in [6, 6.07) is 4.31. The summed E-state index contributed by atoms with van der Waals surface area (Å²) in [4.78, 5) is 2.52. The normalized spacial score (nSPS) is 15.7. The van der Waals surface area contributed by atoms with Crippen molar-refractivity contribution in [2.24, 2.45) is 13.0 Å². The number of hydrogen-bond acceptors (Lipinski definition) is 5. The van der Waals surface area contributed by atoms with Crippen LogP contribution in [0.2, 0.25) is 0 Å². The molecule has 1 aromatic heterocycles. The largest absolute Gasteiger partial charge is 0.493 e. The second kappa shape index (κ2) is 9.04. The summed E-state index contributed by atoms with van der Waals surface area (Å²) < 4.78 is 13.1. The van der Waals surface area contributed by atoms with E-state index in [2.05, 4.69) is 33.8 Å². The van der Waals surface area contributed by atoms with Crippen LogP contribution in [0.15, 0.2) is 31.1 Å². The molecule has 0 unspecified atom stereocenters. The number of piperidine rings is 1. The van der Waals surface area contributed by atoms with E-state index in [1.165, 1.54) is 18.4 Å². The van der Waals surface area contributed by atoms with Crippen molar-refractivity contribution in [3.63, 3.8) is 0 Å². The number of aromatic nitrogens is 3. The molecule has 1 aliphatic heterocycles. The van der Waals surface area contributed by atoms with E-state index in [1.807, 2.05) is 17.7 Å². The van der Waals surface area contributed by atoms with Crippen LogP contribution >= 0.6 is 0 Å². The Balaban J connectivity index is 1.62. The molecule has 0 atom stereocenters. The molecule has 3 rings (SSSR count). The lowest BCUT2D eigenvalue weighted by Gasteiger charge is -2.32. The van der Waals surface area contributed by atoms with E-state index in [0.717, 1.165) is 55.4 Å². The Morgan fingerprint density at radius 2 is 2.00 bits per heavy atom. The molecule has 1 aliphatic rings. The summed E-state index contributed by atoms with van der Waals surface area (Å²) in [6.07, 6.45) is 7.86. The fraction of sp³-hybridized carbons (Fsp3) is 0.524. The Bertz CT molecular complexity index is 764. The molecule has 6 heteroatoms. The minimum atomic E-state index is 0.686. The molecule has 0 aliphatic carbocycles. The predicted molar refractivity (Wildman–Crippen MR) is 106 cm³/mol. The molecule has 0 bridgehead atoms. The lowest BCUT2D eigenvalue weighted by molar-refractivity contribution is 0.175.